The maximum absolute atomic E-state index is 12.4. The third-order valence-electron chi connectivity index (χ3n) is 4.81. The van der Waals surface area contributed by atoms with E-state index in [2.05, 4.69) is 5.32 Å². The van der Waals surface area contributed by atoms with Crippen LogP contribution in [0.15, 0.2) is 24.3 Å². The number of nitrogens with one attached hydrogen (secondary N) is 1. The molecule has 2 heterocycles. The summed E-state index contributed by atoms with van der Waals surface area (Å²) in [5.41, 5.74) is 0. The third-order valence-corrected chi connectivity index (χ3v) is 4.81. The van der Waals surface area contributed by atoms with Gasteiger partial charge in [0.05, 0.1) is 7.11 Å². The number of fused-ring (bicyclic) bond motifs is 2. The van der Waals surface area contributed by atoms with Gasteiger partial charge < -0.3 is 19.7 Å². The molecule has 1 aromatic carbocycles. The van der Waals surface area contributed by atoms with E-state index in [-0.39, 0.29) is 12.5 Å². The van der Waals surface area contributed by atoms with Crippen molar-refractivity contribution >= 4 is 5.91 Å². The van der Waals surface area contributed by atoms with Crippen LogP contribution >= 0.6 is 0 Å². The van der Waals surface area contributed by atoms with Crippen LogP contribution in [0.3, 0.4) is 0 Å². The Kier molecular flexibility index (Phi) is 4.52. The van der Waals surface area contributed by atoms with E-state index in [9.17, 15) is 4.79 Å². The molecule has 22 heavy (non-hydrogen) atoms. The van der Waals surface area contributed by atoms with E-state index in [1.54, 1.807) is 7.11 Å². The van der Waals surface area contributed by atoms with Crippen molar-refractivity contribution in [3.63, 3.8) is 0 Å². The Morgan fingerprint density at radius 3 is 2.50 bits per heavy atom. The van der Waals surface area contributed by atoms with Crippen molar-refractivity contribution in [3.05, 3.63) is 24.3 Å². The van der Waals surface area contributed by atoms with Gasteiger partial charge in [0.15, 0.2) is 18.1 Å². The number of benzene rings is 1. The van der Waals surface area contributed by atoms with Gasteiger partial charge in [-0.3, -0.25) is 4.79 Å². The fourth-order valence-corrected chi connectivity index (χ4v) is 3.53. The summed E-state index contributed by atoms with van der Waals surface area (Å²) in [7, 11) is 3.49. The van der Waals surface area contributed by atoms with Crippen LogP contribution in [0.4, 0.5) is 0 Å². The zero-order valence-corrected chi connectivity index (χ0v) is 13.2. The number of nitrogens with zero attached hydrogens (tertiary/aromatic N) is 1. The van der Waals surface area contributed by atoms with Crippen LogP contribution in [0, 0.1) is 0 Å². The van der Waals surface area contributed by atoms with Gasteiger partial charge in [-0.1, -0.05) is 12.1 Å². The highest BCUT2D eigenvalue weighted by molar-refractivity contribution is 5.78. The Bertz CT molecular complexity index is 522. The van der Waals surface area contributed by atoms with Gasteiger partial charge in [-0.25, -0.2) is 0 Å². The van der Waals surface area contributed by atoms with E-state index in [1.165, 1.54) is 12.8 Å². The topological polar surface area (TPSA) is 50.8 Å². The molecule has 0 aromatic heterocycles. The van der Waals surface area contributed by atoms with E-state index in [4.69, 9.17) is 9.47 Å². The van der Waals surface area contributed by atoms with Crippen LogP contribution in [0.2, 0.25) is 0 Å². The average molecular weight is 304 g/mol. The van der Waals surface area contributed by atoms with Crippen LogP contribution in [-0.2, 0) is 4.79 Å². The second-order valence-electron chi connectivity index (χ2n) is 6.21. The Labute approximate surface area is 131 Å². The highest BCUT2D eigenvalue weighted by Crippen LogP contribution is 2.29. The summed E-state index contributed by atoms with van der Waals surface area (Å²) in [5, 5.41) is 3.60. The number of rotatable bonds is 5. The molecule has 2 unspecified atom stereocenters. The molecule has 0 spiro atoms. The summed E-state index contributed by atoms with van der Waals surface area (Å²) in [4.78, 5) is 14.3. The van der Waals surface area contributed by atoms with Gasteiger partial charge in [0.25, 0.3) is 5.91 Å². The van der Waals surface area contributed by atoms with Crippen LogP contribution in [0.5, 0.6) is 11.5 Å². The summed E-state index contributed by atoms with van der Waals surface area (Å²) in [6, 6.07) is 8.88. The van der Waals surface area contributed by atoms with E-state index < -0.39 is 0 Å². The molecule has 2 fully saturated rings. The van der Waals surface area contributed by atoms with Gasteiger partial charge in [0.2, 0.25) is 0 Å². The molecule has 2 aliphatic rings. The van der Waals surface area contributed by atoms with Crippen molar-refractivity contribution in [3.8, 4) is 11.5 Å². The summed E-state index contributed by atoms with van der Waals surface area (Å²) in [5.74, 6) is 1.28. The Morgan fingerprint density at radius 1 is 1.23 bits per heavy atom. The Morgan fingerprint density at radius 2 is 1.86 bits per heavy atom. The third kappa shape index (κ3) is 3.19. The van der Waals surface area contributed by atoms with Crippen molar-refractivity contribution in [2.45, 2.75) is 43.8 Å². The molecular formula is C17H24N2O3. The molecule has 2 saturated heterocycles. The number of carbonyl (C=O) groups is 1. The van der Waals surface area contributed by atoms with Crippen molar-refractivity contribution in [1.82, 2.24) is 10.2 Å². The minimum Gasteiger partial charge on any atom is -0.493 e. The minimum absolute atomic E-state index is 0.0252. The molecule has 1 amide bonds. The molecule has 3 rings (SSSR count). The van der Waals surface area contributed by atoms with Gasteiger partial charge in [-0.15, -0.1) is 0 Å². The molecule has 2 aliphatic heterocycles. The molecule has 0 aliphatic carbocycles. The fraction of sp³-hybridized carbons (Fsp3) is 0.588. The first-order valence-corrected chi connectivity index (χ1v) is 7.95. The summed E-state index contributed by atoms with van der Waals surface area (Å²) < 4.78 is 10.9. The molecule has 0 radical (unpaired) electrons. The molecule has 2 bridgehead atoms. The van der Waals surface area contributed by atoms with Crippen LogP contribution < -0.4 is 14.8 Å². The Hall–Kier alpha value is -1.75. The normalized spacial score (nSPS) is 26.5. The van der Waals surface area contributed by atoms with E-state index in [0.29, 0.717) is 29.6 Å². The van der Waals surface area contributed by atoms with E-state index in [1.807, 2.05) is 36.2 Å². The highest BCUT2D eigenvalue weighted by atomic mass is 16.5. The number of hydrogen-bond donors (Lipinski definition) is 1. The minimum atomic E-state index is 0.0252. The number of hydrogen-bond acceptors (Lipinski definition) is 4. The lowest BCUT2D eigenvalue weighted by Crippen LogP contribution is -2.49. The van der Waals surface area contributed by atoms with Crippen molar-refractivity contribution in [2.24, 2.45) is 0 Å². The molecule has 1 N–H and O–H groups in total. The summed E-state index contributed by atoms with van der Waals surface area (Å²) in [6.07, 6.45) is 4.57. The lowest BCUT2D eigenvalue weighted by atomic mass is 9.98. The van der Waals surface area contributed by atoms with Crippen molar-refractivity contribution in [1.29, 1.82) is 0 Å². The quantitative estimate of drug-likeness (QED) is 0.901. The number of likely N-dealkylation sites (N-methyl/N-ethyl adjacent to an activating group) is 1. The first-order valence-electron chi connectivity index (χ1n) is 7.95. The molecule has 120 valence electrons. The van der Waals surface area contributed by atoms with Gasteiger partial charge in [0, 0.05) is 25.2 Å². The standard InChI is InChI=1S/C17H24N2O3/c1-19(14-9-12-7-8-13(10-14)18-12)17(20)11-22-16-6-4-3-5-15(16)21-2/h3-6,12-14,18H,7-11H2,1-2H3. The highest BCUT2D eigenvalue weighted by Gasteiger charge is 2.36. The first kappa shape index (κ1) is 15.2. The average Bonchev–Trinajstić information content (AvgIpc) is 2.90. The van der Waals surface area contributed by atoms with Gasteiger partial charge in [-0.2, -0.15) is 0 Å². The van der Waals surface area contributed by atoms with Crippen LogP contribution in [0.25, 0.3) is 0 Å². The molecular weight excluding hydrogens is 280 g/mol. The molecule has 5 heteroatoms. The summed E-state index contributed by atoms with van der Waals surface area (Å²) >= 11 is 0. The number of para-hydroxylation sites is 2. The maximum atomic E-state index is 12.4. The molecule has 2 atom stereocenters. The van der Waals surface area contributed by atoms with E-state index in [0.717, 1.165) is 12.8 Å². The molecule has 0 saturated carbocycles. The van der Waals surface area contributed by atoms with Crippen molar-refractivity contribution in [2.75, 3.05) is 20.8 Å². The van der Waals surface area contributed by atoms with Crippen LogP contribution in [-0.4, -0.2) is 49.7 Å². The van der Waals surface area contributed by atoms with E-state index >= 15 is 0 Å². The second-order valence-corrected chi connectivity index (χ2v) is 6.21. The lowest BCUT2D eigenvalue weighted by molar-refractivity contribution is -0.134. The van der Waals surface area contributed by atoms with Crippen molar-refractivity contribution < 1.29 is 14.3 Å². The SMILES string of the molecule is COc1ccccc1OCC(=O)N(C)C1CC2CCC(C1)N2. The zero-order valence-electron chi connectivity index (χ0n) is 13.2. The molecule has 1 aromatic rings. The second kappa shape index (κ2) is 6.57. The maximum Gasteiger partial charge on any atom is 0.260 e. The predicted octanol–water partition coefficient (Wildman–Crippen LogP) is 1.82. The number of methoxy groups -OCH3 is 1. The van der Waals surface area contributed by atoms with Gasteiger partial charge in [0.1, 0.15) is 0 Å². The first-order chi connectivity index (χ1) is 10.7. The fourth-order valence-electron chi connectivity index (χ4n) is 3.53. The number of carbonyl (C=O) groups excluding carboxylic acids is 1. The zero-order chi connectivity index (χ0) is 15.5. The Balaban J connectivity index is 1.55. The summed E-state index contributed by atoms with van der Waals surface area (Å²) in [6.45, 7) is 0.0517. The predicted molar refractivity (Wildman–Crippen MR) is 84.2 cm³/mol. The van der Waals surface area contributed by atoms with Gasteiger partial charge >= 0.3 is 0 Å². The number of piperidine rings is 1. The number of amides is 1. The largest absolute Gasteiger partial charge is 0.493 e. The molecule has 5 nitrogen and oxygen atoms in total. The lowest BCUT2D eigenvalue weighted by Gasteiger charge is -2.35. The smallest absolute Gasteiger partial charge is 0.260 e. The monoisotopic (exact) mass is 304 g/mol. The van der Waals surface area contributed by atoms with Gasteiger partial charge in [-0.05, 0) is 37.8 Å². The van der Waals surface area contributed by atoms with Crippen LogP contribution in [0.1, 0.15) is 25.7 Å². The number of ether oxygens (including phenoxy) is 2.